The molecule has 0 fully saturated rings. The van der Waals surface area contributed by atoms with Crippen LogP contribution in [0.15, 0.2) is 42.5 Å². The minimum absolute atomic E-state index is 0.0700. The van der Waals surface area contributed by atoms with Gasteiger partial charge in [0.25, 0.3) is 11.8 Å². The van der Waals surface area contributed by atoms with E-state index in [1.807, 2.05) is 0 Å². The molecule has 0 saturated heterocycles. The molecule has 1 heterocycles. The molecule has 0 aliphatic carbocycles. The largest absolute Gasteiger partial charge is 0.349 e. The van der Waals surface area contributed by atoms with E-state index in [1.165, 1.54) is 6.07 Å². The third-order valence-electron chi connectivity index (χ3n) is 4.47. The Hall–Kier alpha value is -3.09. The maximum atomic E-state index is 13.8. The number of halogens is 2. The zero-order chi connectivity index (χ0) is 19.6. The molecule has 0 aromatic heterocycles. The van der Waals surface area contributed by atoms with Crippen LogP contribution < -0.4 is 5.32 Å². The van der Waals surface area contributed by atoms with Crippen molar-refractivity contribution in [2.45, 2.75) is 25.8 Å². The van der Waals surface area contributed by atoms with E-state index in [2.05, 4.69) is 5.32 Å². The molecule has 140 valence electrons. The first-order valence-electron chi connectivity index (χ1n) is 8.58. The van der Waals surface area contributed by atoms with E-state index in [1.54, 1.807) is 31.2 Å². The Morgan fingerprint density at radius 3 is 2.30 bits per heavy atom. The van der Waals surface area contributed by atoms with Crippen molar-refractivity contribution in [3.8, 4) is 0 Å². The molecule has 0 unspecified atom stereocenters. The van der Waals surface area contributed by atoms with Crippen LogP contribution in [0.25, 0.3) is 0 Å². The Labute approximate surface area is 155 Å². The van der Waals surface area contributed by atoms with Crippen molar-refractivity contribution >= 4 is 17.7 Å². The van der Waals surface area contributed by atoms with E-state index in [0.29, 0.717) is 11.1 Å². The zero-order valence-corrected chi connectivity index (χ0v) is 14.7. The van der Waals surface area contributed by atoms with E-state index in [9.17, 15) is 23.2 Å². The van der Waals surface area contributed by atoms with Gasteiger partial charge in [-0.3, -0.25) is 19.3 Å². The SMILES string of the molecule is C[C@@H](NC(=O)CCCN1C(=O)c2ccccc2C1=O)c1ccc(F)cc1F. The summed E-state index contributed by atoms with van der Waals surface area (Å²) in [6.07, 6.45) is 0.358. The monoisotopic (exact) mass is 372 g/mol. The molecule has 3 amide bonds. The van der Waals surface area contributed by atoms with Crippen molar-refractivity contribution in [3.63, 3.8) is 0 Å². The average Bonchev–Trinajstić information content (AvgIpc) is 2.87. The van der Waals surface area contributed by atoms with Crippen LogP contribution in [0, 0.1) is 11.6 Å². The molecule has 5 nitrogen and oxygen atoms in total. The number of carbonyl (C=O) groups is 3. The minimum Gasteiger partial charge on any atom is -0.349 e. The summed E-state index contributed by atoms with van der Waals surface area (Å²) in [5.74, 6) is -2.48. The molecular weight excluding hydrogens is 354 g/mol. The van der Waals surface area contributed by atoms with Gasteiger partial charge in [0.1, 0.15) is 11.6 Å². The van der Waals surface area contributed by atoms with Crippen molar-refractivity contribution in [2.75, 3.05) is 6.54 Å². The van der Waals surface area contributed by atoms with Crippen molar-refractivity contribution in [1.82, 2.24) is 10.2 Å². The average molecular weight is 372 g/mol. The predicted molar refractivity (Wildman–Crippen MR) is 94.0 cm³/mol. The van der Waals surface area contributed by atoms with Crippen LogP contribution in [-0.2, 0) is 4.79 Å². The number of nitrogens with zero attached hydrogens (tertiary/aromatic N) is 1. The van der Waals surface area contributed by atoms with Crippen LogP contribution in [0.2, 0.25) is 0 Å². The summed E-state index contributed by atoms with van der Waals surface area (Å²) in [5.41, 5.74) is 0.921. The Bertz CT molecular complexity index is 879. The lowest BCUT2D eigenvalue weighted by atomic mass is 10.1. The summed E-state index contributed by atoms with van der Waals surface area (Å²) in [6.45, 7) is 1.72. The molecular formula is C20H18F2N2O3. The summed E-state index contributed by atoms with van der Waals surface area (Å²) in [6, 6.07) is 9.13. The number of carbonyl (C=O) groups excluding carboxylic acids is 3. The van der Waals surface area contributed by atoms with Gasteiger partial charge in [0, 0.05) is 24.6 Å². The number of imide groups is 1. The molecule has 1 N–H and O–H groups in total. The fourth-order valence-electron chi connectivity index (χ4n) is 3.08. The van der Waals surface area contributed by atoms with Crippen LogP contribution >= 0.6 is 0 Å². The van der Waals surface area contributed by atoms with Crippen molar-refractivity contribution in [3.05, 3.63) is 70.8 Å². The van der Waals surface area contributed by atoms with Gasteiger partial charge in [-0.2, -0.15) is 0 Å². The highest BCUT2D eigenvalue weighted by molar-refractivity contribution is 6.21. The van der Waals surface area contributed by atoms with Crippen molar-refractivity contribution in [1.29, 1.82) is 0 Å². The smallest absolute Gasteiger partial charge is 0.261 e. The van der Waals surface area contributed by atoms with Gasteiger partial charge >= 0.3 is 0 Å². The molecule has 1 aliphatic rings. The van der Waals surface area contributed by atoms with Crippen LogP contribution in [0.4, 0.5) is 8.78 Å². The van der Waals surface area contributed by atoms with Crippen LogP contribution in [0.1, 0.15) is 52.1 Å². The van der Waals surface area contributed by atoms with Gasteiger partial charge in [0.2, 0.25) is 5.91 Å². The Morgan fingerprint density at radius 2 is 1.70 bits per heavy atom. The first kappa shape index (κ1) is 18.7. The molecule has 2 aromatic carbocycles. The number of rotatable bonds is 6. The molecule has 0 radical (unpaired) electrons. The molecule has 0 spiro atoms. The van der Waals surface area contributed by atoms with E-state index in [0.717, 1.165) is 17.0 Å². The van der Waals surface area contributed by atoms with Crippen molar-refractivity contribution in [2.24, 2.45) is 0 Å². The maximum absolute atomic E-state index is 13.8. The van der Waals surface area contributed by atoms with E-state index >= 15 is 0 Å². The summed E-state index contributed by atoms with van der Waals surface area (Å²) in [4.78, 5) is 37.7. The minimum atomic E-state index is -0.728. The van der Waals surface area contributed by atoms with Crippen LogP contribution in [0.3, 0.4) is 0 Å². The second-order valence-corrected chi connectivity index (χ2v) is 6.37. The normalized spacial score (nSPS) is 14.3. The van der Waals surface area contributed by atoms with Gasteiger partial charge in [0.05, 0.1) is 17.2 Å². The topological polar surface area (TPSA) is 66.5 Å². The van der Waals surface area contributed by atoms with Gasteiger partial charge in [-0.1, -0.05) is 18.2 Å². The first-order chi connectivity index (χ1) is 12.9. The second-order valence-electron chi connectivity index (χ2n) is 6.37. The summed E-state index contributed by atoms with van der Waals surface area (Å²) in [5, 5.41) is 2.63. The number of benzene rings is 2. The quantitative estimate of drug-likeness (QED) is 0.792. The third kappa shape index (κ3) is 3.86. The highest BCUT2D eigenvalue weighted by Crippen LogP contribution is 2.23. The molecule has 1 aliphatic heterocycles. The maximum Gasteiger partial charge on any atom is 0.261 e. The first-order valence-corrected chi connectivity index (χ1v) is 8.58. The van der Waals surface area contributed by atoms with E-state index < -0.39 is 17.7 Å². The Kier molecular flexibility index (Phi) is 5.30. The lowest BCUT2D eigenvalue weighted by Gasteiger charge is -2.16. The molecule has 0 saturated carbocycles. The standard InChI is InChI=1S/C20H18F2N2O3/c1-12(14-9-8-13(21)11-17(14)22)23-18(25)7-4-10-24-19(26)15-5-2-3-6-16(15)20(24)27/h2-3,5-6,8-9,11-12H,4,7,10H2,1H3,(H,23,25)/t12-/m1/s1. The van der Waals surface area contributed by atoms with Crippen molar-refractivity contribution < 1.29 is 23.2 Å². The highest BCUT2D eigenvalue weighted by Gasteiger charge is 2.34. The Morgan fingerprint density at radius 1 is 1.07 bits per heavy atom. The molecule has 7 heteroatoms. The summed E-state index contributed by atoms with van der Waals surface area (Å²) < 4.78 is 26.7. The van der Waals surface area contributed by atoms with E-state index in [4.69, 9.17) is 0 Å². The van der Waals surface area contributed by atoms with Gasteiger partial charge < -0.3 is 5.32 Å². The predicted octanol–water partition coefficient (Wildman–Crippen LogP) is 3.22. The Balaban J connectivity index is 1.52. The molecule has 27 heavy (non-hydrogen) atoms. The van der Waals surface area contributed by atoms with Crippen LogP contribution in [0.5, 0.6) is 0 Å². The molecule has 3 rings (SSSR count). The number of hydrogen-bond donors (Lipinski definition) is 1. The summed E-state index contributed by atoms with van der Waals surface area (Å²) in [7, 11) is 0. The lowest BCUT2D eigenvalue weighted by molar-refractivity contribution is -0.121. The molecule has 0 bridgehead atoms. The van der Waals surface area contributed by atoms with Crippen LogP contribution in [-0.4, -0.2) is 29.2 Å². The number of fused-ring (bicyclic) bond motifs is 1. The molecule has 1 atom stereocenters. The second kappa shape index (κ2) is 7.65. The third-order valence-corrected chi connectivity index (χ3v) is 4.47. The number of nitrogens with one attached hydrogen (secondary N) is 1. The van der Waals surface area contributed by atoms with Gasteiger partial charge in [-0.05, 0) is 31.5 Å². The number of amides is 3. The lowest BCUT2D eigenvalue weighted by Crippen LogP contribution is -2.32. The molecule has 2 aromatic rings. The fourth-order valence-corrected chi connectivity index (χ4v) is 3.08. The number of hydrogen-bond acceptors (Lipinski definition) is 3. The zero-order valence-electron chi connectivity index (χ0n) is 14.7. The van der Waals surface area contributed by atoms with Gasteiger partial charge in [0.15, 0.2) is 0 Å². The highest BCUT2D eigenvalue weighted by atomic mass is 19.1. The van der Waals surface area contributed by atoms with E-state index in [-0.39, 0.29) is 42.7 Å². The fraction of sp³-hybridized carbons (Fsp3) is 0.250. The van der Waals surface area contributed by atoms with Gasteiger partial charge in [-0.25, -0.2) is 8.78 Å². The summed E-state index contributed by atoms with van der Waals surface area (Å²) >= 11 is 0. The van der Waals surface area contributed by atoms with Gasteiger partial charge in [-0.15, -0.1) is 0 Å².